The molecule has 1 heterocycles. The van der Waals surface area contributed by atoms with Crippen molar-refractivity contribution in [2.75, 3.05) is 7.05 Å². The fourth-order valence-corrected chi connectivity index (χ4v) is 3.02. The molecular weight excluding hydrogens is 268 g/mol. The normalized spacial score (nSPS) is 21.8. The van der Waals surface area contributed by atoms with Crippen LogP contribution in [0.5, 0.6) is 0 Å². The average molecular weight is 290 g/mol. The van der Waals surface area contributed by atoms with Gasteiger partial charge in [-0.2, -0.15) is 0 Å². The van der Waals surface area contributed by atoms with Gasteiger partial charge in [0.1, 0.15) is 5.69 Å². The monoisotopic (exact) mass is 290 g/mol. The van der Waals surface area contributed by atoms with Crippen LogP contribution in [0.1, 0.15) is 59.9 Å². The highest BCUT2D eigenvalue weighted by Gasteiger charge is 2.28. The molecule has 1 fully saturated rings. The summed E-state index contributed by atoms with van der Waals surface area (Å²) >= 11 is 0. The first-order valence-electron chi connectivity index (χ1n) is 7.50. The van der Waals surface area contributed by atoms with Crippen molar-refractivity contribution in [1.82, 2.24) is 9.88 Å². The quantitative estimate of drug-likeness (QED) is 0.925. The number of amides is 1. The molecule has 1 aromatic rings. The molecule has 0 saturated heterocycles. The van der Waals surface area contributed by atoms with Crippen molar-refractivity contribution in [3.8, 4) is 0 Å². The van der Waals surface area contributed by atoms with Crippen molar-refractivity contribution >= 4 is 11.9 Å². The van der Waals surface area contributed by atoms with Gasteiger partial charge in [-0.25, -0.2) is 4.79 Å². The highest BCUT2D eigenvalue weighted by atomic mass is 16.4. The van der Waals surface area contributed by atoms with Gasteiger partial charge in [0.25, 0.3) is 5.91 Å². The molecule has 0 bridgehead atoms. The molecule has 5 heteroatoms. The molecule has 1 amide bonds. The van der Waals surface area contributed by atoms with Gasteiger partial charge in [0.15, 0.2) is 0 Å². The largest absolute Gasteiger partial charge is 0.478 e. The zero-order chi connectivity index (χ0) is 15.4. The molecular formula is C16H22N2O3. The van der Waals surface area contributed by atoms with E-state index in [9.17, 15) is 9.59 Å². The zero-order valence-corrected chi connectivity index (χ0v) is 12.6. The van der Waals surface area contributed by atoms with Crippen LogP contribution >= 0.6 is 0 Å². The van der Waals surface area contributed by atoms with Gasteiger partial charge in [0.05, 0.1) is 5.56 Å². The fourth-order valence-electron chi connectivity index (χ4n) is 3.02. The minimum Gasteiger partial charge on any atom is -0.478 e. The van der Waals surface area contributed by atoms with Gasteiger partial charge in [0, 0.05) is 19.3 Å². The summed E-state index contributed by atoms with van der Waals surface area (Å²) in [6, 6.07) is 3.14. The van der Waals surface area contributed by atoms with E-state index in [1.54, 1.807) is 11.9 Å². The fraction of sp³-hybridized carbons (Fsp3) is 0.562. The van der Waals surface area contributed by atoms with E-state index in [1.807, 2.05) is 0 Å². The van der Waals surface area contributed by atoms with E-state index >= 15 is 0 Å². The average Bonchev–Trinajstić information content (AvgIpc) is 2.53. The molecule has 0 spiro atoms. The molecule has 1 aliphatic rings. The highest BCUT2D eigenvalue weighted by molar-refractivity contribution is 6.03. The number of carboxylic acids is 1. The number of carboxylic acid groups (broad SMARTS) is 1. The third-order valence-electron chi connectivity index (χ3n) is 4.50. The Balaban J connectivity index is 2.11. The molecule has 0 unspecified atom stereocenters. The lowest BCUT2D eigenvalue weighted by molar-refractivity contribution is 0.0637. The van der Waals surface area contributed by atoms with E-state index < -0.39 is 5.97 Å². The number of carbonyl (C=O) groups is 2. The maximum absolute atomic E-state index is 12.5. The summed E-state index contributed by atoms with van der Waals surface area (Å²) in [4.78, 5) is 29.4. The SMILES string of the molecule is CCC1CCC(N(C)C(=O)c2ncccc2C(=O)O)CC1. The van der Waals surface area contributed by atoms with Crippen LogP contribution in [-0.2, 0) is 0 Å². The topological polar surface area (TPSA) is 70.5 Å². The second kappa shape index (κ2) is 6.70. The smallest absolute Gasteiger partial charge is 0.338 e. The van der Waals surface area contributed by atoms with E-state index in [2.05, 4.69) is 11.9 Å². The van der Waals surface area contributed by atoms with Crippen LogP contribution in [0.25, 0.3) is 0 Å². The van der Waals surface area contributed by atoms with Gasteiger partial charge in [-0.15, -0.1) is 0 Å². The lowest BCUT2D eigenvalue weighted by atomic mass is 9.84. The summed E-state index contributed by atoms with van der Waals surface area (Å²) in [7, 11) is 1.75. The molecule has 0 atom stereocenters. The van der Waals surface area contributed by atoms with Crippen molar-refractivity contribution in [1.29, 1.82) is 0 Å². The third kappa shape index (κ3) is 3.40. The third-order valence-corrected chi connectivity index (χ3v) is 4.50. The van der Waals surface area contributed by atoms with Gasteiger partial charge in [-0.3, -0.25) is 9.78 Å². The summed E-state index contributed by atoms with van der Waals surface area (Å²) in [6.07, 6.45) is 6.88. The molecule has 0 aliphatic heterocycles. The van der Waals surface area contributed by atoms with Gasteiger partial charge in [-0.1, -0.05) is 13.3 Å². The summed E-state index contributed by atoms with van der Waals surface area (Å²) in [6.45, 7) is 2.20. The predicted molar refractivity (Wildman–Crippen MR) is 79.3 cm³/mol. The minimum absolute atomic E-state index is 0.0309. The minimum atomic E-state index is -1.12. The van der Waals surface area contributed by atoms with Crippen LogP contribution in [0.15, 0.2) is 18.3 Å². The molecule has 1 N–H and O–H groups in total. The van der Waals surface area contributed by atoms with E-state index in [-0.39, 0.29) is 23.2 Å². The van der Waals surface area contributed by atoms with Crippen LogP contribution in [0.2, 0.25) is 0 Å². The van der Waals surface area contributed by atoms with E-state index in [4.69, 9.17) is 5.11 Å². The lowest BCUT2D eigenvalue weighted by Gasteiger charge is -2.34. The Morgan fingerprint density at radius 1 is 1.33 bits per heavy atom. The molecule has 0 aromatic carbocycles. The molecule has 1 aromatic heterocycles. The lowest BCUT2D eigenvalue weighted by Crippen LogP contribution is -2.40. The van der Waals surface area contributed by atoms with Crippen molar-refractivity contribution in [3.63, 3.8) is 0 Å². The number of aromatic nitrogens is 1. The van der Waals surface area contributed by atoms with Crippen molar-refractivity contribution in [2.24, 2.45) is 5.92 Å². The van der Waals surface area contributed by atoms with E-state index in [1.165, 1.54) is 24.8 Å². The molecule has 2 rings (SSSR count). The maximum Gasteiger partial charge on any atom is 0.338 e. The summed E-state index contributed by atoms with van der Waals surface area (Å²) in [5, 5.41) is 9.16. The van der Waals surface area contributed by atoms with Gasteiger partial charge in [0.2, 0.25) is 0 Å². The van der Waals surface area contributed by atoms with Gasteiger partial charge < -0.3 is 10.0 Å². The maximum atomic E-state index is 12.5. The number of pyridine rings is 1. The van der Waals surface area contributed by atoms with Crippen molar-refractivity contribution in [3.05, 3.63) is 29.6 Å². The van der Waals surface area contributed by atoms with Crippen molar-refractivity contribution in [2.45, 2.75) is 45.1 Å². The van der Waals surface area contributed by atoms with Crippen LogP contribution in [0, 0.1) is 5.92 Å². The Bertz CT molecular complexity index is 522. The Morgan fingerprint density at radius 3 is 2.57 bits per heavy atom. The summed E-state index contributed by atoms with van der Waals surface area (Å²) in [5.41, 5.74) is 0.00158. The Hall–Kier alpha value is -1.91. The van der Waals surface area contributed by atoms with Crippen LogP contribution in [0.3, 0.4) is 0 Å². The van der Waals surface area contributed by atoms with Gasteiger partial charge >= 0.3 is 5.97 Å². The summed E-state index contributed by atoms with van der Waals surface area (Å²) < 4.78 is 0. The Labute approximate surface area is 125 Å². The predicted octanol–water partition coefficient (Wildman–Crippen LogP) is 2.82. The first-order valence-corrected chi connectivity index (χ1v) is 7.50. The first-order chi connectivity index (χ1) is 10.0. The van der Waals surface area contributed by atoms with Crippen LogP contribution in [0.4, 0.5) is 0 Å². The number of nitrogens with zero attached hydrogens (tertiary/aromatic N) is 2. The molecule has 114 valence electrons. The number of hydrogen-bond donors (Lipinski definition) is 1. The Morgan fingerprint density at radius 2 is 2.00 bits per heavy atom. The first kappa shape index (κ1) is 15.5. The molecule has 0 radical (unpaired) electrons. The summed E-state index contributed by atoms with van der Waals surface area (Å²) in [5.74, 6) is -0.656. The van der Waals surface area contributed by atoms with Crippen LogP contribution in [-0.4, -0.2) is 40.0 Å². The van der Waals surface area contributed by atoms with Crippen molar-refractivity contribution < 1.29 is 14.7 Å². The molecule has 21 heavy (non-hydrogen) atoms. The number of carbonyl (C=O) groups excluding carboxylic acids is 1. The van der Waals surface area contributed by atoms with Crippen LogP contribution < -0.4 is 0 Å². The second-order valence-electron chi connectivity index (χ2n) is 5.70. The van der Waals surface area contributed by atoms with E-state index in [0.717, 1.165) is 31.6 Å². The highest BCUT2D eigenvalue weighted by Crippen LogP contribution is 2.29. The zero-order valence-electron chi connectivity index (χ0n) is 12.6. The molecule has 1 aliphatic carbocycles. The second-order valence-corrected chi connectivity index (χ2v) is 5.70. The number of aromatic carboxylic acids is 1. The number of hydrogen-bond acceptors (Lipinski definition) is 3. The van der Waals surface area contributed by atoms with E-state index in [0.29, 0.717) is 0 Å². The number of rotatable bonds is 4. The molecule has 5 nitrogen and oxygen atoms in total. The Kier molecular flexibility index (Phi) is 4.94. The van der Waals surface area contributed by atoms with Gasteiger partial charge in [-0.05, 0) is 43.7 Å². The molecule has 1 saturated carbocycles. The standard InChI is InChI=1S/C16H22N2O3/c1-3-11-6-8-12(9-7-11)18(2)15(19)14-13(16(20)21)5-4-10-17-14/h4-5,10-12H,3,6-9H2,1-2H3,(H,20,21).